The van der Waals surface area contributed by atoms with E-state index in [1.54, 1.807) is 18.4 Å². The number of amides is 1. The van der Waals surface area contributed by atoms with E-state index in [1.807, 2.05) is 47.4 Å². The second kappa shape index (κ2) is 5.84. The van der Waals surface area contributed by atoms with Crippen LogP contribution in [0, 0.1) is 0 Å². The van der Waals surface area contributed by atoms with Gasteiger partial charge in [0.25, 0.3) is 5.91 Å². The number of rotatable bonds is 3. The summed E-state index contributed by atoms with van der Waals surface area (Å²) in [5, 5.41) is 5.99. The molecule has 0 aliphatic carbocycles. The van der Waals surface area contributed by atoms with Crippen LogP contribution < -0.4 is 0 Å². The lowest BCUT2D eigenvalue weighted by molar-refractivity contribution is 0.0571. The first-order valence-corrected chi connectivity index (χ1v) is 8.44. The van der Waals surface area contributed by atoms with Crippen molar-refractivity contribution in [3.8, 4) is 11.6 Å². The second-order valence-electron chi connectivity index (χ2n) is 6.37. The predicted octanol–water partition coefficient (Wildman–Crippen LogP) is 3.72. The smallest absolute Gasteiger partial charge is 0.254 e. The quantitative estimate of drug-likeness (QED) is 0.566. The molecule has 6 heteroatoms. The van der Waals surface area contributed by atoms with E-state index in [4.69, 9.17) is 8.94 Å². The second-order valence-corrected chi connectivity index (χ2v) is 6.37. The first-order chi connectivity index (χ1) is 12.8. The minimum atomic E-state index is 0.0313. The van der Waals surface area contributed by atoms with Crippen molar-refractivity contribution < 1.29 is 13.7 Å². The summed E-state index contributed by atoms with van der Waals surface area (Å²) in [7, 11) is 0. The molecule has 0 bridgehead atoms. The molecule has 1 fully saturated rings. The van der Waals surface area contributed by atoms with Crippen molar-refractivity contribution in [2.75, 3.05) is 13.1 Å². The fourth-order valence-corrected chi connectivity index (χ4v) is 3.29. The molecule has 0 atom stereocenters. The van der Waals surface area contributed by atoms with E-state index in [1.165, 1.54) is 0 Å². The molecule has 4 aromatic rings. The third kappa shape index (κ3) is 2.38. The van der Waals surface area contributed by atoms with Crippen molar-refractivity contribution in [2.24, 2.45) is 0 Å². The van der Waals surface area contributed by atoms with Crippen LogP contribution in [-0.4, -0.2) is 34.0 Å². The van der Waals surface area contributed by atoms with Crippen molar-refractivity contribution in [1.82, 2.24) is 15.0 Å². The highest BCUT2D eigenvalue weighted by Crippen LogP contribution is 2.30. The molecule has 3 heterocycles. The maximum absolute atomic E-state index is 12.9. The highest BCUT2D eigenvalue weighted by molar-refractivity contribution is 6.07. The van der Waals surface area contributed by atoms with Gasteiger partial charge in [0.15, 0.2) is 5.76 Å². The van der Waals surface area contributed by atoms with Crippen LogP contribution in [0.25, 0.3) is 22.4 Å². The first-order valence-electron chi connectivity index (χ1n) is 8.44. The maximum atomic E-state index is 12.9. The lowest BCUT2D eigenvalue weighted by Gasteiger charge is -2.37. The van der Waals surface area contributed by atoms with Crippen LogP contribution in [0.3, 0.4) is 0 Å². The molecule has 0 N–H and O–H groups in total. The van der Waals surface area contributed by atoms with Crippen molar-refractivity contribution in [3.63, 3.8) is 0 Å². The Labute approximate surface area is 149 Å². The van der Waals surface area contributed by atoms with Gasteiger partial charge in [-0.2, -0.15) is 4.98 Å². The molecule has 2 aromatic carbocycles. The Hall–Kier alpha value is -3.41. The van der Waals surface area contributed by atoms with Gasteiger partial charge in [0.1, 0.15) is 0 Å². The van der Waals surface area contributed by atoms with Gasteiger partial charge in [-0.15, -0.1) is 0 Å². The van der Waals surface area contributed by atoms with Crippen molar-refractivity contribution >= 4 is 16.7 Å². The molecule has 128 valence electrons. The fourth-order valence-electron chi connectivity index (χ4n) is 3.29. The van der Waals surface area contributed by atoms with Gasteiger partial charge >= 0.3 is 0 Å². The lowest BCUT2D eigenvalue weighted by atomic mass is 9.97. The molecule has 5 rings (SSSR count). The van der Waals surface area contributed by atoms with Crippen molar-refractivity contribution in [3.05, 3.63) is 72.3 Å². The minimum Gasteiger partial charge on any atom is -0.461 e. The van der Waals surface area contributed by atoms with Crippen LogP contribution in [0.5, 0.6) is 0 Å². The van der Waals surface area contributed by atoms with E-state index in [0.29, 0.717) is 30.6 Å². The van der Waals surface area contributed by atoms with Gasteiger partial charge in [0, 0.05) is 18.7 Å². The molecule has 1 amide bonds. The number of aromatic nitrogens is 2. The highest BCUT2D eigenvalue weighted by atomic mass is 16.5. The van der Waals surface area contributed by atoms with Crippen LogP contribution in [0.1, 0.15) is 22.2 Å². The van der Waals surface area contributed by atoms with E-state index in [2.05, 4.69) is 10.1 Å². The molecule has 26 heavy (non-hydrogen) atoms. The Balaban J connectivity index is 1.33. The zero-order valence-corrected chi connectivity index (χ0v) is 13.8. The average molecular weight is 345 g/mol. The topological polar surface area (TPSA) is 72.4 Å². The normalized spacial score (nSPS) is 14.5. The molecule has 1 aliphatic heterocycles. The number of carbonyl (C=O) groups is 1. The van der Waals surface area contributed by atoms with Crippen LogP contribution in [-0.2, 0) is 0 Å². The van der Waals surface area contributed by atoms with E-state index in [9.17, 15) is 4.79 Å². The van der Waals surface area contributed by atoms with E-state index < -0.39 is 0 Å². The van der Waals surface area contributed by atoms with E-state index in [-0.39, 0.29) is 11.8 Å². The summed E-state index contributed by atoms with van der Waals surface area (Å²) in [6.45, 7) is 1.14. The summed E-state index contributed by atoms with van der Waals surface area (Å²) in [6.07, 6.45) is 1.57. The molecule has 1 saturated heterocycles. The Morgan fingerprint density at radius 3 is 2.73 bits per heavy atom. The summed E-state index contributed by atoms with van der Waals surface area (Å²) < 4.78 is 10.6. The zero-order chi connectivity index (χ0) is 17.5. The summed E-state index contributed by atoms with van der Waals surface area (Å²) >= 11 is 0. The summed E-state index contributed by atoms with van der Waals surface area (Å²) in [4.78, 5) is 19.0. The Bertz CT molecular complexity index is 1070. The number of hydrogen-bond donors (Lipinski definition) is 0. The van der Waals surface area contributed by atoms with E-state index >= 15 is 0 Å². The molecular weight excluding hydrogens is 330 g/mol. The monoisotopic (exact) mass is 345 g/mol. The lowest BCUT2D eigenvalue weighted by Crippen LogP contribution is -2.48. The number of fused-ring (bicyclic) bond motifs is 1. The summed E-state index contributed by atoms with van der Waals surface area (Å²) in [6, 6.07) is 17.3. The molecule has 0 spiro atoms. The van der Waals surface area contributed by atoms with Gasteiger partial charge in [0.2, 0.25) is 11.7 Å². The van der Waals surface area contributed by atoms with Crippen molar-refractivity contribution in [1.29, 1.82) is 0 Å². The third-order valence-corrected chi connectivity index (χ3v) is 4.72. The summed E-state index contributed by atoms with van der Waals surface area (Å²) in [5.41, 5.74) is 0.725. The minimum absolute atomic E-state index is 0.0313. The van der Waals surface area contributed by atoms with E-state index in [0.717, 1.165) is 16.3 Å². The standard InChI is InChI=1S/C20H15N3O3/c24-20(16-8-3-6-13-5-1-2-7-15(13)16)23-11-14(12-23)19-21-18(22-26-19)17-9-4-10-25-17/h1-10,14H,11-12H2. The molecule has 1 aliphatic rings. The molecule has 0 saturated carbocycles. The van der Waals surface area contributed by atoms with Gasteiger partial charge in [-0.3, -0.25) is 4.79 Å². The zero-order valence-electron chi connectivity index (χ0n) is 13.8. The number of hydrogen-bond acceptors (Lipinski definition) is 5. The van der Waals surface area contributed by atoms with Gasteiger partial charge in [-0.1, -0.05) is 41.6 Å². The summed E-state index contributed by atoms with van der Waals surface area (Å²) in [5.74, 6) is 1.64. The number of benzene rings is 2. The van der Waals surface area contributed by atoms with Crippen molar-refractivity contribution in [2.45, 2.75) is 5.92 Å². The number of carbonyl (C=O) groups excluding carboxylic acids is 1. The highest BCUT2D eigenvalue weighted by Gasteiger charge is 2.36. The Morgan fingerprint density at radius 1 is 1.04 bits per heavy atom. The third-order valence-electron chi connectivity index (χ3n) is 4.72. The molecular formula is C20H15N3O3. The fraction of sp³-hybridized carbons (Fsp3) is 0.150. The molecule has 0 unspecified atom stereocenters. The predicted molar refractivity (Wildman–Crippen MR) is 94.6 cm³/mol. The SMILES string of the molecule is O=C(c1cccc2ccccc12)N1CC(c2nc(-c3ccco3)no2)C1. The van der Waals surface area contributed by atoms with Crippen LogP contribution in [0.2, 0.25) is 0 Å². The number of nitrogens with zero attached hydrogens (tertiary/aromatic N) is 3. The average Bonchev–Trinajstić information content (AvgIpc) is 3.31. The number of likely N-dealkylation sites (tertiary alicyclic amines) is 1. The largest absolute Gasteiger partial charge is 0.461 e. The van der Waals surface area contributed by atoms with Crippen LogP contribution in [0.15, 0.2) is 69.8 Å². The Morgan fingerprint density at radius 2 is 1.88 bits per heavy atom. The van der Waals surface area contributed by atoms with Gasteiger partial charge in [-0.05, 0) is 29.0 Å². The van der Waals surface area contributed by atoms with Gasteiger partial charge in [-0.25, -0.2) is 0 Å². The number of furan rings is 1. The molecule has 2 aromatic heterocycles. The van der Waals surface area contributed by atoms with Crippen LogP contribution in [0.4, 0.5) is 0 Å². The van der Waals surface area contributed by atoms with Gasteiger partial charge in [0.05, 0.1) is 12.2 Å². The molecule has 0 radical (unpaired) electrons. The molecule has 6 nitrogen and oxygen atoms in total. The van der Waals surface area contributed by atoms with Crippen LogP contribution >= 0.6 is 0 Å². The Kier molecular flexibility index (Phi) is 3.35. The maximum Gasteiger partial charge on any atom is 0.254 e. The first kappa shape index (κ1) is 14.9. The van der Waals surface area contributed by atoms with Gasteiger partial charge < -0.3 is 13.8 Å².